The molecular formula is C55H35N3. The van der Waals surface area contributed by atoms with Crippen LogP contribution in [0.4, 0.5) is 0 Å². The Morgan fingerprint density at radius 3 is 1.36 bits per heavy atom. The van der Waals surface area contributed by atoms with Crippen molar-refractivity contribution in [3.8, 4) is 67.5 Å². The summed E-state index contributed by atoms with van der Waals surface area (Å²) < 4.78 is 0. The number of nitrogens with zero attached hydrogens (tertiary/aromatic N) is 3. The van der Waals surface area contributed by atoms with Crippen molar-refractivity contribution in [2.45, 2.75) is 0 Å². The highest BCUT2D eigenvalue weighted by molar-refractivity contribution is 6.20. The summed E-state index contributed by atoms with van der Waals surface area (Å²) in [6.07, 6.45) is 0. The van der Waals surface area contributed by atoms with E-state index in [0.717, 1.165) is 38.9 Å². The summed E-state index contributed by atoms with van der Waals surface area (Å²) in [4.78, 5) is 15.3. The highest BCUT2D eigenvalue weighted by Crippen LogP contribution is 2.41. The highest BCUT2D eigenvalue weighted by atomic mass is 15.0. The normalized spacial score (nSPS) is 11.4. The molecule has 270 valence electrons. The first-order chi connectivity index (χ1) is 28.7. The molecule has 3 heteroatoms. The van der Waals surface area contributed by atoms with E-state index in [-0.39, 0.29) is 0 Å². The van der Waals surface area contributed by atoms with Gasteiger partial charge in [-0.15, -0.1) is 0 Å². The molecule has 0 unspecified atom stereocenters. The van der Waals surface area contributed by atoms with Crippen LogP contribution in [0.1, 0.15) is 0 Å². The third-order valence-electron chi connectivity index (χ3n) is 11.2. The number of hydrogen-bond acceptors (Lipinski definition) is 3. The van der Waals surface area contributed by atoms with Crippen LogP contribution in [0.5, 0.6) is 0 Å². The summed E-state index contributed by atoms with van der Waals surface area (Å²) in [6, 6.07) is 75.5. The second-order valence-electron chi connectivity index (χ2n) is 14.8. The van der Waals surface area contributed by atoms with Crippen LogP contribution in [0, 0.1) is 0 Å². The first kappa shape index (κ1) is 33.6. The Kier molecular flexibility index (Phi) is 8.15. The maximum absolute atomic E-state index is 5.15. The van der Waals surface area contributed by atoms with Gasteiger partial charge >= 0.3 is 0 Å². The Morgan fingerprint density at radius 1 is 0.207 bits per heavy atom. The molecule has 0 spiro atoms. The Bertz CT molecular complexity index is 3350. The highest BCUT2D eigenvalue weighted by Gasteiger charge is 2.16. The fourth-order valence-electron chi connectivity index (χ4n) is 8.38. The van der Waals surface area contributed by atoms with Crippen molar-refractivity contribution < 1.29 is 0 Å². The number of hydrogen-bond donors (Lipinski definition) is 0. The van der Waals surface area contributed by atoms with E-state index < -0.39 is 0 Å². The minimum Gasteiger partial charge on any atom is -0.208 e. The summed E-state index contributed by atoms with van der Waals surface area (Å²) in [5.41, 5.74) is 9.72. The lowest BCUT2D eigenvalue weighted by molar-refractivity contribution is 1.07. The first-order valence-electron chi connectivity index (χ1n) is 19.7. The maximum Gasteiger partial charge on any atom is 0.164 e. The number of benzene rings is 10. The smallest absolute Gasteiger partial charge is 0.164 e. The molecule has 0 aliphatic rings. The van der Waals surface area contributed by atoms with Crippen LogP contribution in [0.15, 0.2) is 212 Å². The molecule has 11 aromatic rings. The summed E-state index contributed by atoms with van der Waals surface area (Å²) in [5, 5.41) is 9.94. The van der Waals surface area contributed by atoms with Gasteiger partial charge in [-0.1, -0.05) is 182 Å². The summed E-state index contributed by atoms with van der Waals surface area (Å²) in [6.45, 7) is 0. The molecule has 11 rings (SSSR count). The van der Waals surface area contributed by atoms with Crippen LogP contribution in [-0.4, -0.2) is 15.0 Å². The van der Waals surface area contributed by atoms with Gasteiger partial charge in [0.25, 0.3) is 0 Å². The fraction of sp³-hybridized carbons (Fsp3) is 0. The molecular weight excluding hydrogens is 703 g/mol. The van der Waals surface area contributed by atoms with E-state index in [1.165, 1.54) is 54.2 Å². The third kappa shape index (κ3) is 6.07. The van der Waals surface area contributed by atoms with Gasteiger partial charge < -0.3 is 0 Å². The van der Waals surface area contributed by atoms with E-state index >= 15 is 0 Å². The first-order valence-corrected chi connectivity index (χ1v) is 19.7. The summed E-state index contributed by atoms with van der Waals surface area (Å²) in [5.74, 6) is 1.90. The van der Waals surface area contributed by atoms with Crippen molar-refractivity contribution in [1.82, 2.24) is 15.0 Å². The number of fused-ring (bicyclic) bond motifs is 5. The molecule has 3 nitrogen and oxygen atoms in total. The third-order valence-corrected chi connectivity index (χ3v) is 11.2. The zero-order valence-corrected chi connectivity index (χ0v) is 31.5. The molecule has 1 heterocycles. The van der Waals surface area contributed by atoms with Crippen LogP contribution in [0.2, 0.25) is 0 Å². The van der Waals surface area contributed by atoms with E-state index in [1.807, 2.05) is 18.2 Å². The SMILES string of the molecule is c1ccc(-c2nc(-c3cccc(-c4cccc(-c5c6ccccc6cc6c5ccc5ccccc56)c4)c3)nc(-c3cccc(-c4ccc5ccccc5c4)c3)n2)cc1. The van der Waals surface area contributed by atoms with E-state index in [4.69, 9.17) is 15.0 Å². The van der Waals surface area contributed by atoms with Gasteiger partial charge in [-0.05, 0) is 107 Å². The minimum atomic E-state index is 0.630. The zero-order chi connectivity index (χ0) is 38.4. The average molecular weight is 738 g/mol. The van der Waals surface area contributed by atoms with Crippen LogP contribution in [0.3, 0.4) is 0 Å². The van der Waals surface area contributed by atoms with Gasteiger partial charge in [0.1, 0.15) is 0 Å². The standard InChI is InChI=1S/C55H35N3/c1-2-15-38(16-3-1)53-56-54(58-55(57-53)47-24-12-21-42(34-47)43-28-27-36-13-4-5-17-39(36)31-43)46-23-11-20-41(33-46)40-19-10-22-45(32-40)52-49-26-9-7-18-44(49)35-51-48-25-8-6-14-37(48)29-30-50(51)52/h1-35H. The van der Waals surface area contributed by atoms with Gasteiger partial charge in [0.2, 0.25) is 0 Å². The second kappa shape index (κ2) is 14.1. The largest absolute Gasteiger partial charge is 0.208 e. The van der Waals surface area contributed by atoms with Crippen molar-refractivity contribution in [1.29, 1.82) is 0 Å². The van der Waals surface area contributed by atoms with E-state index in [0.29, 0.717) is 17.5 Å². The number of rotatable bonds is 6. The molecule has 10 aromatic carbocycles. The fourth-order valence-corrected chi connectivity index (χ4v) is 8.38. The predicted molar refractivity (Wildman–Crippen MR) is 242 cm³/mol. The van der Waals surface area contributed by atoms with E-state index in [1.54, 1.807) is 0 Å². The topological polar surface area (TPSA) is 38.7 Å². The lowest BCUT2D eigenvalue weighted by Crippen LogP contribution is -2.00. The molecule has 0 atom stereocenters. The Morgan fingerprint density at radius 2 is 0.672 bits per heavy atom. The van der Waals surface area contributed by atoms with Crippen molar-refractivity contribution in [3.05, 3.63) is 212 Å². The quantitative estimate of drug-likeness (QED) is 0.126. The summed E-state index contributed by atoms with van der Waals surface area (Å²) >= 11 is 0. The molecule has 0 amide bonds. The van der Waals surface area contributed by atoms with Crippen LogP contribution in [0.25, 0.3) is 111 Å². The van der Waals surface area contributed by atoms with Gasteiger partial charge in [0.05, 0.1) is 0 Å². The van der Waals surface area contributed by atoms with Gasteiger partial charge in [0, 0.05) is 16.7 Å². The monoisotopic (exact) mass is 737 g/mol. The van der Waals surface area contributed by atoms with Crippen LogP contribution >= 0.6 is 0 Å². The molecule has 0 fully saturated rings. The maximum atomic E-state index is 5.15. The van der Waals surface area contributed by atoms with Crippen LogP contribution < -0.4 is 0 Å². The Hall–Kier alpha value is -7.75. The molecule has 0 saturated heterocycles. The Labute approximate surface area is 336 Å². The summed E-state index contributed by atoms with van der Waals surface area (Å²) in [7, 11) is 0. The number of aromatic nitrogens is 3. The van der Waals surface area contributed by atoms with Gasteiger partial charge in [-0.3, -0.25) is 0 Å². The zero-order valence-electron chi connectivity index (χ0n) is 31.5. The molecule has 0 aliphatic heterocycles. The molecule has 0 saturated carbocycles. The lowest BCUT2D eigenvalue weighted by Gasteiger charge is -2.15. The molecule has 0 bridgehead atoms. The molecule has 0 aliphatic carbocycles. The van der Waals surface area contributed by atoms with Crippen LogP contribution in [-0.2, 0) is 0 Å². The van der Waals surface area contributed by atoms with Crippen molar-refractivity contribution in [2.75, 3.05) is 0 Å². The molecule has 0 N–H and O–H groups in total. The predicted octanol–water partition coefficient (Wildman–Crippen LogP) is 14.5. The molecule has 58 heavy (non-hydrogen) atoms. The molecule has 1 aromatic heterocycles. The lowest BCUT2D eigenvalue weighted by atomic mass is 9.89. The van der Waals surface area contributed by atoms with Crippen molar-refractivity contribution >= 4 is 43.1 Å². The molecule has 0 radical (unpaired) electrons. The average Bonchev–Trinajstić information content (AvgIpc) is 3.31. The van der Waals surface area contributed by atoms with Gasteiger partial charge in [0.15, 0.2) is 17.5 Å². The van der Waals surface area contributed by atoms with E-state index in [2.05, 4.69) is 194 Å². The van der Waals surface area contributed by atoms with Crippen molar-refractivity contribution in [2.24, 2.45) is 0 Å². The van der Waals surface area contributed by atoms with Gasteiger partial charge in [-0.25, -0.2) is 15.0 Å². The second-order valence-corrected chi connectivity index (χ2v) is 14.8. The van der Waals surface area contributed by atoms with Gasteiger partial charge in [-0.2, -0.15) is 0 Å². The Balaban J connectivity index is 1.02. The van der Waals surface area contributed by atoms with Crippen molar-refractivity contribution in [3.63, 3.8) is 0 Å². The minimum absolute atomic E-state index is 0.630. The van der Waals surface area contributed by atoms with E-state index in [9.17, 15) is 0 Å².